The molecule has 1 saturated heterocycles. The molecule has 1 fully saturated rings. The smallest absolute Gasteiger partial charge is 0.0935 e. The number of likely N-dealkylation sites (N-methyl/N-ethyl adjacent to an activating group) is 1. The lowest BCUT2D eigenvalue weighted by molar-refractivity contribution is -0.0384. The Kier molecular flexibility index (Phi) is 3.95. The van der Waals surface area contributed by atoms with Crippen LogP contribution < -0.4 is 11.3 Å². The van der Waals surface area contributed by atoms with E-state index in [4.69, 9.17) is 15.0 Å². The summed E-state index contributed by atoms with van der Waals surface area (Å²) in [5, 5.41) is 0. The molecule has 90 valence electrons. The second-order valence-corrected chi connectivity index (χ2v) is 4.28. The molecule has 5 nitrogen and oxygen atoms in total. The average molecular weight is 225 g/mol. The van der Waals surface area contributed by atoms with E-state index in [1.54, 1.807) is 12.5 Å². The molecule has 2 atom stereocenters. The van der Waals surface area contributed by atoms with Gasteiger partial charge in [0.15, 0.2) is 0 Å². The quantitative estimate of drug-likeness (QED) is 0.557. The Balaban J connectivity index is 1.93. The average Bonchev–Trinajstić information content (AvgIpc) is 2.78. The third kappa shape index (κ3) is 2.82. The van der Waals surface area contributed by atoms with Gasteiger partial charge in [0.1, 0.15) is 0 Å². The summed E-state index contributed by atoms with van der Waals surface area (Å²) in [4.78, 5) is 2.26. The Hall–Kier alpha value is -0.880. The summed E-state index contributed by atoms with van der Waals surface area (Å²) in [7, 11) is 2.10. The molecule has 2 heterocycles. The van der Waals surface area contributed by atoms with Crippen LogP contribution >= 0.6 is 0 Å². The van der Waals surface area contributed by atoms with Gasteiger partial charge < -0.3 is 14.1 Å². The maximum absolute atomic E-state index is 5.74. The van der Waals surface area contributed by atoms with E-state index in [0.29, 0.717) is 0 Å². The van der Waals surface area contributed by atoms with E-state index in [-0.39, 0.29) is 12.1 Å². The molecule has 1 aliphatic rings. The van der Waals surface area contributed by atoms with Crippen molar-refractivity contribution in [2.45, 2.75) is 18.6 Å². The molecule has 0 amide bonds. The SMILES string of the molecule is CN1CCOC(C(Cc2ccoc2)NN)C1. The van der Waals surface area contributed by atoms with E-state index >= 15 is 0 Å². The molecule has 5 heteroatoms. The van der Waals surface area contributed by atoms with Gasteiger partial charge in [-0.05, 0) is 25.1 Å². The van der Waals surface area contributed by atoms with Crippen LogP contribution in [0.5, 0.6) is 0 Å². The number of nitrogens with zero attached hydrogens (tertiary/aromatic N) is 1. The van der Waals surface area contributed by atoms with Crippen molar-refractivity contribution < 1.29 is 9.15 Å². The summed E-state index contributed by atoms with van der Waals surface area (Å²) in [6, 6.07) is 2.08. The number of ether oxygens (including phenoxy) is 1. The predicted octanol–water partition coefficient (Wildman–Crippen LogP) is -0.0154. The number of nitrogens with two attached hydrogens (primary N) is 1. The van der Waals surface area contributed by atoms with Crippen molar-refractivity contribution in [3.63, 3.8) is 0 Å². The van der Waals surface area contributed by atoms with Crippen molar-refractivity contribution in [2.75, 3.05) is 26.7 Å². The highest BCUT2D eigenvalue weighted by atomic mass is 16.5. The summed E-state index contributed by atoms with van der Waals surface area (Å²) in [5.41, 5.74) is 3.98. The Morgan fingerprint density at radius 1 is 1.69 bits per heavy atom. The number of furan rings is 1. The fourth-order valence-electron chi connectivity index (χ4n) is 2.01. The largest absolute Gasteiger partial charge is 0.472 e. The minimum absolute atomic E-state index is 0.125. The van der Waals surface area contributed by atoms with Gasteiger partial charge in [0.25, 0.3) is 0 Å². The van der Waals surface area contributed by atoms with Crippen LogP contribution in [0.2, 0.25) is 0 Å². The van der Waals surface area contributed by atoms with Gasteiger partial charge in [-0.25, -0.2) is 0 Å². The highest BCUT2D eigenvalue weighted by Crippen LogP contribution is 2.12. The Bertz CT molecular complexity index is 302. The number of hydrogen-bond acceptors (Lipinski definition) is 5. The van der Waals surface area contributed by atoms with Crippen molar-refractivity contribution >= 4 is 0 Å². The Morgan fingerprint density at radius 3 is 3.19 bits per heavy atom. The molecule has 0 aromatic carbocycles. The van der Waals surface area contributed by atoms with Crippen LogP contribution in [0.25, 0.3) is 0 Å². The van der Waals surface area contributed by atoms with Crippen molar-refractivity contribution in [3.05, 3.63) is 24.2 Å². The lowest BCUT2D eigenvalue weighted by Gasteiger charge is -2.34. The molecule has 1 aromatic rings. The predicted molar refractivity (Wildman–Crippen MR) is 60.8 cm³/mol. The van der Waals surface area contributed by atoms with Gasteiger partial charge in [-0.3, -0.25) is 11.3 Å². The third-order valence-corrected chi connectivity index (χ3v) is 3.00. The molecule has 3 N–H and O–H groups in total. The number of morpholine rings is 1. The summed E-state index contributed by atoms with van der Waals surface area (Å²) >= 11 is 0. The number of hydrogen-bond donors (Lipinski definition) is 2. The van der Waals surface area contributed by atoms with Gasteiger partial charge >= 0.3 is 0 Å². The van der Waals surface area contributed by atoms with E-state index < -0.39 is 0 Å². The van der Waals surface area contributed by atoms with E-state index in [1.165, 1.54) is 0 Å². The highest BCUT2D eigenvalue weighted by Gasteiger charge is 2.26. The van der Waals surface area contributed by atoms with Crippen molar-refractivity contribution in [1.29, 1.82) is 0 Å². The van der Waals surface area contributed by atoms with Crippen LogP contribution in [0.1, 0.15) is 5.56 Å². The third-order valence-electron chi connectivity index (χ3n) is 3.00. The second-order valence-electron chi connectivity index (χ2n) is 4.28. The fraction of sp³-hybridized carbons (Fsp3) is 0.636. The normalized spacial score (nSPS) is 24.5. The topological polar surface area (TPSA) is 63.7 Å². The van der Waals surface area contributed by atoms with Crippen LogP contribution in [-0.4, -0.2) is 43.8 Å². The van der Waals surface area contributed by atoms with E-state index in [2.05, 4.69) is 17.4 Å². The van der Waals surface area contributed by atoms with E-state index in [9.17, 15) is 0 Å². The summed E-state index contributed by atoms with van der Waals surface area (Å²) in [6.07, 6.45) is 4.39. The molecule has 1 aromatic heterocycles. The minimum Gasteiger partial charge on any atom is -0.472 e. The van der Waals surface area contributed by atoms with Crippen LogP contribution in [0.3, 0.4) is 0 Å². The standard InChI is InChI=1S/C11H19N3O2/c1-14-3-5-16-11(7-14)10(13-12)6-9-2-4-15-8-9/h2,4,8,10-11,13H,3,5-7,12H2,1H3. The van der Waals surface area contributed by atoms with E-state index in [1.807, 2.05) is 6.07 Å². The number of nitrogens with one attached hydrogen (secondary N) is 1. The second kappa shape index (κ2) is 5.45. The van der Waals surface area contributed by atoms with Crippen molar-refractivity contribution in [1.82, 2.24) is 10.3 Å². The van der Waals surface area contributed by atoms with Crippen molar-refractivity contribution in [3.8, 4) is 0 Å². The molecular weight excluding hydrogens is 206 g/mol. The first-order valence-electron chi connectivity index (χ1n) is 5.57. The van der Waals surface area contributed by atoms with Crippen LogP contribution in [0.4, 0.5) is 0 Å². The number of rotatable bonds is 4. The first kappa shape index (κ1) is 11.6. The molecule has 0 saturated carbocycles. The molecule has 2 rings (SSSR count). The zero-order valence-electron chi connectivity index (χ0n) is 9.56. The summed E-state index contributed by atoms with van der Waals surface area (Å²) in [6.45, 7) is 2.66. The van der Waals surface area contributed by atoms with Crippen molar-refractivity contribution in [2.24, 2.45) is 5.84 Å². The maximum atomic E-state index is 5.74. The molecule has 0 aliphatic carbocycles. The Morgan fingerprint density at radius 2 is 2.56 bits per heavy atom. The van der Waals surface area contributed by atoms with Gasteiger partial charge in [-0.2, -0.15) is 0 Å². The molecule has 16 heavy (non-hydrogen) atoms. The first-order chi connectivity index (χ1) is 7.79. The van der Waals surface area contributed by atoms with Gasteiger partial charge in [0.05, 0.1) is 31.3 Å². The van der Waals surface area contributed by atoms with Gasteiger partial charge in [0.2, 0.25) is 0 Å². The molecular formula is C11H19N3O2. The number of hydrazine groups is 1. The van der Waals surface area contributed by atoms with Crippen LogP contribution in [0, 0.1) is 0 Å². The molecule has 0 bridgehead atoms. The molecule has 0 spiro atoms. The van der Waals surface area contributed by atoms with Gasteiger partial charge in [-0.1, -0.05) is 0 Å². The van der Waals surface area contributed by atoms with Crippen LogP contribution in [0.15, 0.2) is 23.0 Å². The highest BCUT2D eigenvalue weighted by molar-refractivity contribution is 5.08. The summed E-state index contributed by atoms with van der Waals surface area (Å²) < 4.78 is 10.8. The van der Waals surface area contributed by atoms with Gasteiger partial charge in [0, 0.05) is 13.1 Å². The fourth-order valence-corrected chi connectivity index (χ4v) is 2.01. The zero-order valence-corrected chi connectivity index (χ0v) is 9.56. The zero-order chi connectivity index (χ0) is 11.4. The maximum Gasteiger partial charge on any atom is 0.0935 e. The lowest BCUT2D eigenvalue weighted by Crippen LogP contribution is -2.54. The molecule has 0 radical (unpaired) electrons. The van der Waals surface area contributed by atoms with Crippen LogP contribution in [-0.2, 0) is 11.2 Å². The monoisotopic (exact) mass is 225 g/mol. The molecule has 2 unspecified atom stereocenters. The van der Waals surface area contributed by atoms with E-state index in [0.717, 1.165) is 31.7 Å². The minimum atomic E-state index is 0.125. The Labute approximate surface area is 95.5 Å². The van der Waals surface area contributed by atoms with Gasteiger partial charge in [-0.15, -0.1) is 0 Å². The first-order valence-corrected chi connectivity index (χ1v) is 5.57. The lowest BCUT2D eigenvalue weighted by atomic mass is 10.0. The molecule has 1 aliphatic heterocycles. The summed E-state index contributed by atoms with van der Waals surface area (Å²) in [5.74, 6) is 5.59.